The number of pyridine rings is 1. The van der Waals surface area contributed by atoms with Crippen LogP contribution in [0.4, 0.5) is 5.82 Å². The van der Waals surface area contributed by atoms with Crippen LogP contribution in [-0.2, 0) is 0 Å². The summed E-state index contributed by atoms with van der Waals surface area (Å²) < 4.78 is 10.8. The third-order valence-corrected chi connectivity index (χ3v) is 4.69. The second-order valence-corrected chi connectivity index (χ2v) is 6.26. The molecule has 24 heavy (non-hydrogen) atoms. The minimum atomic E-state index is -0.537. The van der Waals surface area contributed by atoms with E-state index in [4.69, 9.17) is 26.8 Å². The number of ether oxygens (including phenoxy) is 2. The number of fused-ring (bicyclic) bond motifs is 1. The molecular formula is C17H16ClN3O3. The number of amides is 1. The quantitative estimate of drug-likeness (QED) is 0.925. The molecule has 0 spiro atoms. The second kappa shape index (κ2) is 5.87. The van der Waals surface area contributed by atoms with Crippen molar-refractivity contribution in [2.45, 2.75) is 18.9 Å². The maximum atomic E-state index is 11.3. The summed E-state index contributed by atoms with van der Waals surface area (Å²) in [6.07, 6.45) is 3.50. The predicted octanol–water partition coefficient (Wildman–Crippen LogP) is 2.90. The van der Waals surface area contributed by atoms with Crippen LogP contribution in [0.15, 0.2) is 30.5 Å². The average Bonchev–Trinajstić information content (AvgIpc) is 3.22. The summed E-state index contributed by atoms with van der Waals surface area (Å²) in [6, 6.07) is 7.71. The topological polar surface area (TPSA) is 77.7 Å². The number of carbonyl (C=O) groups is 1. The smallest absolute Gasteiger partial charge is 0.250 e. The Morgan fingerprint density at radius 3 is 2.92 bits per heavy atom. The van der Waals surface area contributed by atoms with Crippen LogP contribution in [0.2, 0.25) is 5.02 Å². The van der Waals surface area contributed by atoms with E-state index in [2.05, 4.69) is 9.88 Å². The van der Waals surface area contributed by atoms with Crippen molar-refractivity contribution < 1.29 is 14.3 Å². The fourth-order valence-corrected chi connectivity index (χ4v) is 3.54. The van der Waals surface area contributed by atoms with Gasteiger partial charge in [0.2, 0.25) is 12.7 Å². The Bertz CT molecular complexity index is 812. The summed E-state index contributed by atoms with van der Waals surface area (Å²) in [5.41, 5.74) is 6.72. The van der Waals surface area contributed by atoms with E-state index in [0.29, 0.717) is 16.4 Å². The normalized spacial score (nSPS) is 18.9. The van der Waals surface area contributed by atoms with Crippen molar-refractivity contribution in [3.8, 4) is 11.5 Å². The van der Waals surface area contributed by atoms with E-state index in [1.165, 1.54) is 6.20 Å². The van der Waals surface area contributed by atoms with Crippen molar-refractivity contribution in [1.29, 1.82) is 0 Å². The highest BCUT2D eigenvalue weighted by molar-refractivity contribution is 6.33. The molecule has 2 aliphatic heterocycles. The van der Waals surface area contributed by atoms with E-state index in [9.17, 15) is 4.79 Å². The second-order valence-electron chi connectivity index (χ2n) is 5.86. The third kappa shape index (κ3) is 2.53. The molecule has 0 saturated carbocycles. The number of anilines is 1. The van der Waals surface area contributed by atoms with E-state index < -0.39 is 5.91 Å². The number of benzene rings is 1. The summed E-state index contributed by atoms with van der Waals surface area (Å²) in [6.45, 7) is 1.11. The van der Waals surface area contributed by atoms with Gasteiger partial charge in [-0.05, 0) is 36.6 Å². The number of hydrogen-bond donors (Lipinski definition) is 1. The Labute approximate surface area is 144 Å². The molecule has 0 radical (unpaired) electrons. The van der Waals surface area contributed by atoms with Crippen LogP contribution in [0.3, 0.4) is 0 Å². The summed E-state index contributed by atoms with van der Waals surface area (Å²) in [4.78, 5) is 17.8. The van der Waals surface area contributed by atoms with Gasteiger partial charge in [-0.3, -0.25) is 4.79 Å². The molecule has 4 rings (SSSR count). The van der Waals surface area contributed by atoms with Crippen molar-refractivity contribution in [2.24, 2.45) is 5.73 Å². The highest BCUT2D eigenvalue weighted by Crippen LogP contribution is 2.41. The fraction of sp³-hybridized carbons (Fsp3) is 0.294. The molecule has 1 unspecified atom stereocenters. The van der Waals surface area contributed by atoms with Gasteiger partial charge in [0.25, 0.3) is 0 Å². The Morgan fingerprint density at radius 2 is 2.12 bits per heavy atom. The summed E-state index contributed by atoms with van der Waals surface area (Å²) in [5.74, 6) is 1.67. The van der Waals surface area contributed by atoms with Gasteiger partial charge < -0.3 is 20.1 Å². The fourth-order valence-electron chi connectivity index (χ4n) is 3.26. The van der Waals surface area contributed by atoms with E-state index >= 15 is 0 Å². The molecule has 1 atom stereocenters. The monoisotopic (exact) mass is 345 g/mol. The lowest BCUT2D eigenvalue weighted by atomic mass is 10.0. The number of nitrogens with two attached hydrogens (primary N) is 1. The van der Waals surface area contributed by atoms with Crippen molar-refractivity contribution in [2.75, 3.05) is 18.2 Å². The predicted molar refractivity (Wildman–Crippen MR) is 89.7 cm³/mol. The van der Waals surface area contributed by atoms with Gasteiger partial charge in [-0.15, -0.1) is 0 Å². The van der Waals surface area contributed by atoms with E-state index in [0.717, 1.165) is 36.4 Å². The van der Waals surface area contributed by atoms with Crippen LogP contribution < -0.4 is 20.1 Å². The molecule has 3 heterocycles. The lowest BCUT2D eigenvalue weighted by Crippen LogP contribution is -2.24. The minimum absolute atomic E-state index is 0.156. The van der Waals surface area contributed by atoms with Crippen molar-refractivity contribution >= 4 is 23.3 Å². The first-order valence-corrected chi connectivity index (χ1v) is 8.13. The molecule has 1 aromatic carbocycles. The molecule has 1 fully saturated rings. The zero-order chi connectivity index (χ0) is 16.7. The molecule has 2 aromatic rings. The average molecular weight is 346 g/mol. The van der Waals surface area contributed by atoms with Crippen LogP contribution >= 0.6 is 11.6 Å². The number of carbonyl (C=O) groups excluding carboxylic acids is 1. The standard InChI is InChI=1S/C17H16ClN3O3/c18-12-6-11(16(19)22)8-20-17(12)21-5-1-2-13(21)10-3-4-14-15(7-10)24-9-23-14/h3-4,6-8,13H,1-2,5,9H2,(H2,19,22). The molecule has 124 valence electrons. The molecule has 0 aliphatic carbocycles. The molecule has 6 nitrogen and oxygen atoms in total. The summed E-state index contributed by atoms with van der Waals surface area (Å²) in [5, 5.41) is 0.430. The van der Waals surface area contributed by atoms with Gasteiger partial charge in [0.15, 0.2) is 11.5 Å². The maximum Gasteiger partial charge on any atom is 0.250 e. The first-order chi connectivity index (χ1) is 11.6. The lowest BCUT2D eigenvalue weighted by molar-refractivity contribution is 0.1000. The molecule has 1 amide bonds. The molecule has 1 aromatic heterocycles. The Morgan fingerprint density at radius 1 is 1.29 bits per heavy atom. The van der Waals surface area contributed by atoms with Gasteiger partial charge in [-0.2, -0.15) is 0 Å². The number of nitrogens with zero attached hydrogens (tertiary/aromatic N) is 2. The number of halogens is 1. The largest absolute Gasteiger partial charge is 0.454 e. The third-order valence-electron chi connectivity index (χ3n) is 4.41. The van der Waals surface area contributed by atoms with Crippen LogP contribution in [-0.4, -0.2) is 24.2 Å². The van der Waals surface area contributed by atoms with Gasteiger partial charge in [0, 0.05) is 12.7 Å². The number of hydrogen-bond acceptors (Lipinski definition) is 5. The van der Waals surface area contributed by atoms with Crippen LogP contribution in [0, 0.1) is 0 Å². The van der Waals surface area contributed by atoms with Crippen LogP contribution in [0.25, 0.3) is 0 Å². The highest BCUT2D eigenvalue weighted by atomic mass is 35.5. The van der Waals surface area contributed by atoms with Crippen molar-refractivity contribution in [1.82, 2.24) is 4.98 Å². The Kier molecular flexibility index (Phi) is 3.69. The SMILES string of the molecule is NC(=O)c1cnc(N2CCCC2c2ccc3c(c2)OCO3)c(Cl)c1. The molecular weight excluding hydrogens is 330 g/mol. The van der Waals surface area contributed by atoms with Crippen LogP contribution in [0.5, 0.6) is 11.5 Å². The number of rotatable bonds is 3. The Hall–Kier alpha value is -2.47. The van der Waals surface area contributed by atoms with Gasteiger partial charge in [-0.25, -0.2) is 4.98 Å². The zero-order valence-corrected chi connectivity index (χ0v) is 13.6. The molecule has 7 heteroatoms. The van der Waals surface area contributed by atoms with E-state index in [1.807, 2.05) is 18.2 Å². The molecule has 0 bridgehead atoms. The van der Waals surface area contributed by atoms with Gasteiger partial charge in [0.05, 0.1) is 16.6 Å². The first-order valence-electron chi connectivity index (χ1n) is 7.75. The molecule has 2 aliphatic rings. The Balaban J connectivity index is 1.67. The van der Waals surface area contributed by atoms with E-state index in [1.54, 1.807) is 6.07 Å². The minimum Gasteiger partial charge on any atom is -0.454 e. The highest BCUT2D eigenvalue weighted by Gasteiger charge is 2.30. The molecule has 2 N–H and O–H groups in total. The molecule has 1 saturated heterocycles. The number of primary amides is 1. The summed E-state index contributed by atoms with van der Waals surface area (Å²) >= 11 is 6.34. The van der Waals surface area contributed by atoms with Crippen molar-refractivity contribution in [3.05, 3.63) is 46.6 Å². The van der Waals surface area contributed by atoms with Crippen LogP contribution in [0.1, 0.15) is 34.8 Å². The number of aromatic nitrogens is 1. The van der Waals surface area contributed by atoms with Gasteiger partial charge in [-0.1, -0.05) is 17.7 Å². The van der Waals surface area contributed by atoms with Gasteiger partial charge >= 0.3 is 0 Å². The lowest BCUT2D eigenvalue weighted by Gasteiger charge is -2.27. The first kappa shape index (κ1) is 15.1. The summed E-state index contributed by atoms with van der Waals surface area (Å²) in [7, 11) is 0. The zero-order valence-electron chi connectivity index (χ0n) is 12.9. The van der Waals surface area contributed by atoms with Gasteiger partial charge in [0.1, 0.15) is 5.82 Å². The maximum absolute atomic E-state index is 11.3. The van der Waals surface area contributed by atoms with E-state index in [-0.39, 0.29) is 12.8 Å². The van der Waals surface area contributed by atoms with Crippen molar-refractivity contribution in [3.63, 3.8) is 0 Å².